The van der Waals surface area contributed by atoms with E-state index in [1.165, 1.54) is 0 Å². The number of nitrogens with one attached hydrogen (secondary N) is 1. The number of carbonyl (C=O) groups excluding carboxylic acids is 3. The number of nitrogens with zero attached hydrogens (tertiary/aromatic N) is 2. The predicted molar refractivity (Wildman–Crippen MR) is 115 cm³/mol. The van der Waals surface area contributed by atoms with Gasteiger partial charge in [0, 0.05) is 48.3 Å². The van der Waals surface area contributed by atoms with E-state index in [0.717, 1.165) is 4.47 Å². The highest BCUT2D eigenvalue weighted by atomic mass is 79.9. The summed E-state index contributed by atoms with van der Waals surface area (Å²) in [6.07, 6.45) is 0. The Bertz CT molecular complexity index is 890. The molecule has 1 saturated heterocycles. The van der Waals surface area contributed by atoms with Crippen LogP contribution in [0.5, 0.6) is 0 Å². The highest BCUT2D eigenvalue weighted by molar-refractivity contribution is 9.10. The van der Waals surface area contributed by atoms with E-state index in [1.807, 2.05) is 24.0 Å². The number of amides is 2. The Labute approximate surface area is 179 Å². The third-order valence-corrected chi connectivity index (χ3v) is 5.44. The summed E-state index contributed by atoms with van der Waals surface area (Å²) in [5.41, 5.74) is 1.36. The SMILES string of the molecule is CCNC(=O)CN1CCN(C(=O)c2ccccc2C(=O)c2ccc(Br)cc2)CC1. The van der Waals surface area contributed by atoms with Gasteiger partial charge in [0.1, 0.15) is 0 Å². The highest BCUT2D eigenvalue weighted by Gasteiger charge is 2.26. The summed E-state index contributed by atoms with van der Waals surface area (Å²) < 4.78 is 0.893. The second kappa shape index (κ2) is 9.80. The summed E-state index contributed by atoms with van der Waals surface area (Å²) in [5.74, 6) is -0.322. The first kappa shape index (κ1) is 21.2. The van der Waals surface area contributed by atoms with Crippen molar-refractivity contribution < 1.29 is 14.4 Å². The third-order valence-electron chi connectivity index (χ3n) is 4.91. The van der Waals surface area contributed by atoms with Crippen molar-refractivity contribution in [1.29, 1.82) is 0 Å². The van der Waals surface area contributed by atoms with Gasteiger partial charge < -0.3 is 10.2 Å². The lowest BCUT2D eigenvalue weighted by Gasteiger charge is -2.34. The normalized spacial score (nSPS) is 14.5. The molecule has 0 bridgehead atoms. The van der Waals surface area contributed by atoms with Gasteiger partial charge in [-0.3, -0.25) is 19.3 Å². The van der Waals surface area contributed by atoms with E-state index in [4.69, 9.17) is 0 Å². The molecule has 0 radical (unpaired) electrons. The van der Waals surface area contributed by atoms with Crippen molar-refractivity contribution in [1.82, 2.24) is 15.1 Å². The number of halogens is 1. The molecular formula is C22H24BrN3O3. The van der Waals surface area contributed by atoms with Gasteiger partial charge in [0.25, 0.3) is 5.91 Å². The zero-order valence-corrected chi connectivity index (χ0v) is 17.9. The van der Waals surface area contributed by atoms with Gasteiger partial charge in [0.2, 0.25) is 5.91 Å². The number of likely N-dealkylation sites (N-methyl/N-ethyl adjacent to an activating group) is 1. The molecule has 0 atom stereocenters. The summed E-state index contributed by atoms with van der Waals surface area (Å²) in [4.78, 5) is 41.6. The minimum absolute atomic E-state index is 0.00211. The van der Waals surface area contributed by atoms with Crippen LogP contribution in [0.15, 0.2) is 53.0 Å². The van der Waals surface area contributed by atoms with E-state index >= 15 is 0 Å². The van der Waals surface area contributed by atoms with Crippen LogP contribution in [0, 0.1) is 0 Å². The van der Waals surface area contributed by atoms with E-state index in [9.17, 15) is 14.4 Å². The second-order valence-electron chi connectivity index (χ2n) is 6.90. The molecule has 0 spiro atoms. The Hall–Kier alpha value is -2.51. The van der Waals surface area contributed by atoms with Gasteiger partial charge in [-0.25, -0.2) is 0 Å². The molecule has 0 aliphatic carbocycles. The Morgan fingerprint density at radius 2 is 1.55 bits per heavy atom. The molecule has 0 aromatic heterocycles. The maximum atomic E-state index is 13.1. The predicted octanol–water partition coefficient (Wildman–Crippen LogP) is 2.57. The van der Waals surface area contributed by atoms with E-state index in [2.05, 4.69) is 21.2 Å². The zero-order valence-electron chi connectivity index (χ0n) is 16.4. The quantitative estimate of drug-likeness (QED) is 0.676. The maximum Gasteiger partial charge on any atom is 0.254 e. The minimum Gasteiger partial charge on any atom is -0.355 e. The molecule has 1 heterocycles. The van der Waals surface area contributed by atoms with Gasteiger partial charge in [-0.05, 0) is 37.3 Å². The van der Waals surface area contributed by atoms with E-state index in [-0.39, 0.29) is 17.6 Å². The van der Waals surface area contributed by atoms with Crippen LogP contribution in [0.3, 0.4) is 0 Å². The van der Waals surface area contributed by atoms with Gasteiger partial charge in [-0.2, -0.15) is 0 Å². The highest BCUT2D eigenvalue weighted by Crippen LogP contribution is 2.19. The average molecular weight is 458 g/mol. The summed E-state index contributed by atoms with van der Waals surface area (Å²) in [7, 11) is 0. The summed E-state index contributed by atoms with van der Waals surface area (Å²) in [6, 6.07) is 14.1. The molecule has 6 nitrogen and oxygen atoms in total. The fourth-order valence-corrected chi connectivity index (χ4v) is 3.62. The van der Waals surface area contributed by atoms with Crippen LogP contribution >= 0.6 is 15.9 Å². The van der Waals surface area contributed by atoms with Crippen LogP contribution in [-0.4, -0.2) is 66.7 Å². The standard InChI is InChI=1S/C22H24BrN3O3/c1-2-24-20(27)15-25-11-13-26(14-12-25)22(29)19-6-4-3-5-18(19)21(28)16-7-9-17(23)10-8-16/h3-10H,2,11-15H2,1H3,(H,24,27). The lowest BCUT2D eigenvalue weighted by molar-refractivity contribution is -0.122. The fraction of sp³-hybridized carbons (Fsp3) is 0.318. The number of piperazine rings is 1. The lowest BCUT2D eigenvalue weighted by atomic mass is 9.97. The van der Waals surface area contributed by atoms with Gasteiger partial charge in [-0.15, -0.1) is 0 Å². The Morgan fingerprint density at radius 3 is 2.17 bits per heavy atom. The van der Waals surface area contributed by atoms with Gasteiger partial charge in [0.15, 0.2) is 5.78 Å². The number of rotatable bonds is 6. The number of ketones is 1. The van der Waals surface area contributed by atoms with Gasteiger partial charge in [0.05, 0.1) is 12.1 Å². The number of hydrogen-bond donors (Lipinski definition) is 1. The summed E-state index contributed by atoms with van der Waals surface area (Å²) >= 11 is 3.37. The largest absolute Gasteiger partial charge is 0.355 e. The molecular weight excluding hydrogens is 434 g/mol. The van der Waals surface area contributed by atoms with E-state index in [1.54, 1.807) is 41.3 Å². The van der Waals surface area contributed by atoms with Crippen molar-refractivity contribution in [3.05, 3.63) is 69.7 Å². The maximum absolute atomic E-state index is 13.1. The van der Waals surface area contributed by atoms with Crippen molar-refractivity contribution in [2.45, 2.75) is 6.92 Å². The smallest absolute Gasteiger partial charge is 0.254 e. The van der Waals surface area contributed by atoms with Crippen molar-refractivity contribution >= 4 is 33.5 Å². The van der Waals surface area contributed by atoms with Gasteiger partial charge in [-0.1, -0.05) is 34.1 Å². The fourth-order valence-electron chi connectivity index (χ4n) is 3.36. The lowest BCUT2D eigenvalue weighted by Crippen LogP contribution is -2.51. The zero-order chi connectivity index (χ0) is 20.8. The van der Waals surface area contributed by atoms with E-state index in [0.29, 0.717) is 56.0 Å². The second-order valence-corrected chi connectivity index (χ2v) is 7.82. The molecule has 1 aliphatic heterocycles. The molecule has 7 heteroatoms. The van der Waals surface area contributed by atoms with Crippen LogP contribution < -0.4 is 5.32 Å². The Balaban J connectivity index is 1.70. The van der Waals surface area contributed by atoms with Crippen LogP contribution in [0.25, 0.3) is 0 Å². The molecule has 2 amide bonds. The Morgan fingerprint density at radius 1 is 0.931 bits per heavy atom. The molecule has 1 aliphatic rings. The average Bonchev–Trinajstić information content (AvgIpc) is 2.74. The first-order valence-corrected chi connectivity index (χ1v) is 10.5. The summed E-state index contributed by atoms with van der Waals surface area (Å²) in [5, 5.41) is 2.79. The Kier molecular flexibility index (Phi) is 7.17. The van der Waals surface area contributed by atoms with Crippen LogP contribution in [0.1, 0.15) is 33.2 Å². The van der Waals surface area contributed by atoms with Crippen LogP contribution in [-0.2, 0) is 4.79 Å². The number of carbonyl (C=O) groups is 3. The van der Waals surface area contributed by atoms with Crippen LogP contribution in [0.4, 0.5) is 0 Å². The van der Waals surface area contributed by atoms with Crippen molar-refractivity contribution in [3.8, 4) is 0 Å². The minimum atomic E-state index is -0.170. The first-order valence-electron chi connectivity index (χ1n) is 9.67. The van der Waals surface area contributed by atoms with Crippen LogP contribution in [0.2, 0.25) is 0 Å². The first-order chi connectivity index (χ1) is 14.0. The molecule has 0 saturated carbocycles. The van der Waals surface area contributed by atoms with Crippen molar-refractivity contribution in [2.24, 2.45) is 0 Å². The molecule has 2 aromatic rings. The van der Waals surface area contributed by atoms with E-state index < -0.39 is 0 Å². The molecule has 0 unspecified atom stereocenters. The molecule has 1 fully saturated rings. The van der Waals surface area contributed by atoms with Crippen molar-refractivity contribution in [2.75, 3.05) is 39.3 Å². The topological polar surface area (TPSA) is 69.7 Å². The number of benzene rings is 2. The molecule has 29 heavy (non-hydrogen) atoms. The molecule has 1 N–H and O–H groups in total. The van der Waals surface area contributed by atoms with Crippen molar-refractivity contribution in [3.63, 3.8) is 0 Å². The van der Waals surface area contributed by atoms with Gasteiger partial charge >= 0.3 is 0 Å². The molecule has 3 rings (SSSR count). The monoisotopic (exact) mass is 457 g/mol. The molecule has 152 valence electrons. The number of hydrogen-bond acceptors (Lipinski definition) is 4. The third kappa shape index (κ3) is 5.31. The molecule has 2 aromatic carbocycles. The summed E-state index contributed by atoms with van der Waals surface area (Å²) in [6.45, 7) is 5.16.